The minimum absolute atomic E-state index is 0.0892. The largest absolute Gasteiger partial charge is 0.493 e. The molecule has 2 aliphatic rings. The molecule has 2 saturated heterocycles. The van der Waals surface area contributed by atoms with Crippen molar-refractivity contribution in [3.63, 3.8) is 0 Å². The molecule has 0 saturated carbocycles. The number of sulfonamides is 1. The van der Waals surface area contributed by atoms with E-state index in [9.17, 15) is 13.2 Å². The van der Waals surface area contributed by atoms with Crippen molar-refractivity contribution in [1.82, 2.24) is 19.4 Å². The molecule has 1 atom stereocenters. The van der Waals surface area contributed by atoms with Crippen molar-refractivity contribution in [2.75, 3.05) is 51.8 Å². The Morgan fingerprint density at radius 2 is 1.78 bits per heavy atom. The van der Waals surface area contributed by atoms with Crippen molar-refractivity contribution in [3.05, 3.63) is 23.2 Å². The van der Waals surface area contributed by atoms with Gasteiger partial charge in [-0.3, -0.25) is 4.79 Å². The fraction of sp³-hybridized carbons (Fsp3) is 0.550. The van der Waals surface area contributed by atoms with Crippen LogP contribution in [-0.2, 0) is 14.8 Å². The van der Waals surface area contributed by atoms with E-state index in [1.807, 2.05) is 6.92 Å². The van der Waals surface area contributed by atoms with E-state index >= 15 is 0 Å². The number of nitrogens with zero attached hydrogens (tertiary/aromatic N) is 5. The summed E-state index contributed by atoms with van der Waals surface area (Å²) in [6.45, 7) is 4.58. The number of methoxy groups -OCH3 is 2. The van der Waals surface area contributed by atoms with Gasteiger partial charge in [0.05, 0.1) is 19.1 Å². The lowest BCUT2D eigenvalue weighted by Crippen LogP contribution is -2.54. The minimum atomic E-state index is -3.86. The lowest BCUT2D eigenvalue weighted by molar-refractivity contribution is -0.134. The van der Waals surface area contributed by atoms with Gasteiger partial charge >= 0.3 is 0 Å². The Hall–Kier alpha value is -2.44. The number of hydrogen-bond acceptors (Lipinski definition) is 9. The molecule has 2 aliphatic heterocycles. The molecule has 174 valence electrons. The molecule has 12 heteroatoms. The smallest absolute Gasteiger partial charge is 0.243 e. The van der Waals surface area contributed by atoms with Crippen molar-refractivity contribution in [2.45, 2.75) is 30.7 Å². The number of amides is 1. The quantitative estimate of drug-likeness (QED) is 0.609. The summed E-state index contributed by atoms with van der Waals surface area (Å²) in [7, 11) is -0.906. The van der Waals surface area contributed by atoms with Gasteiger partial charge in [-0.05, 0) is 31.9 Å². The maximum atomic E-state index is 13.4. The highest BCUT2D eigenvalue weighted by molar-refractivity contribution is 7.89. The summed E-state index contributed by atoms with van der Waals surface area (Å²) in [5.41, 5.74) is 0. The number of aromatic nitrogens is 2. The van der Waals surface area contributed by atoms with Crippen LogP contribution < -0.4 is 14.4 Å². The van der Waals surface area contributed by atoms with Gasteiger partial charge in [0.1, 0.15) is 11.0 Å². The first-order valence-corrected chi connectivity index (χ1v) is 12.7. The third-order valence-corrected chi connectivity index (χ3v) is 8.63. The number of benzene rings is 1. The van der Waals surface area contributed by atoms with E-state index in [0.29, 0.717) is 57.1 Å². The second-order valence-electron chi connectivity index (χ2n) is 7.71. The Balaban J connectivity index is 1.48. The maximum Gasteiger partial charge on any atom is 0.243 e. The molecular weight excluding hydrogens is 454 g/mol. The van der Waals surface area contributed by atoms with Gasteiger partial charge in [-0.2, -0.15) is 4.31 Å². The number of rotatable bonds is 6. The average molecular weight is 482 g/mol. The third kappa shape index (κ3) is 4.26. The fourth-order valence-corrected chi connectivity index (χ4v) is 6.54. The van der Waals surface area contributed by atoms with Crippen molar-refractivity contribution in [3.8, 4) is 11.5 Å². The van der Waals surface area contributed by atoms with E-state index < -0.39 is 16.1 Å². The van der Waals surface area contributed by atoms with Crippen LogP contribution in [0.4, 0.5) is 5.13 Å². The van der Waals surface area contributed by atoms with Gasteiger partial charge in [-0.15, -0.1) is 10.2 Å². The standard InChI is InChI=1S/C20H27N5O5S2/c1-14-21-22-20(31-14)24-11-9-23(10-12-24)19(26)16-5-4-8-25(16)32(27,28)15-6-7-17(29-2)18(13-15)30-3/h6-7,13,16H,4-5,8-12H2,1-3H3. The Kier molecular flexibility index (Phi) is 6.54. The highest BCUT2D eigenvalue weighted by Crippen LogP contribution is 2.33. The molecule has 3 heterocycles. The number of piperazine rings is 1. The fourth-order valence-electron chi connectivity index (χ4n) is 4.13. The highest BCUT2D eigenvalue weighted by atomic mass is 32.2. The van der Waals surface area contributed by atoms with Crippen LogP contribution in [0.1, 0.15) is 17.8 Å². The van der Waals surface area contributed by atoms with Crippen LogP contribution in [0.15, 0.2) is 23.1 Å². The molecule has 1 amide bonds. The molecule has 0 radical (unpaired) electrons. The Morgan fingerprint density at radius 3 is 2.41 bits per heavy atom. The Bertz CT molecular complexity index is 1080. The van der Waals surface area contributed by atoms with Crippen LogP contribution in [0.2, 0.25) is 0 Å². The third-order valence-electron chi connectivity index (χ3n) is 5.83. The second-order valence-corrected chi connectivity index (χ2v) is 10.8. The molecule has 1 aromatic carbocycles. The molecule has 0 bridgehead atoms. The molecule has 32 heavy (non-hydrogen) atoms. The summed E-state index contributed by atoms with van der Waals surface area (Å²) < 4.78 is 38.5. The van der Waals surface area contributed by atoms with Crippen molar-refractivity contribution < 1.29 is 22.7 Å². The van der Waals surface area contributed by atoms with Gasteiger partial charge < -0.3 is 19.3 Å². The molecule has 2 fully saturated rings. The van der Waals surface area contributed by atoms with Crippen LogP contribution in [0.25, 0.3) is 0 Å². The molecule has 2 aromatic rings. The molecular formula is C20H27N5O5S2. The van der Waals surface area contributed by atoms with E-state index in [0.717, 1.165) is 10.1 Å². The van der Waals surface area contributed by atoms with E-state index in [1.54, 1.807) is 11.0 Å². The first kappa shape index (κ1) is 22.7. The zero-order valence-electron chi connectivity index (χ0n) is 18.4. The predicted octanol–water partition coefficient (Wildman–Crippen LogP) is 1.37. The van der Waals surface area contributed by atoms with Crippen LogP contribution in [0, 0.1) is 6.92 Å². The minimum Gasteiger partial charge on any atom is -0.493 e. The van der Waals surface area contributed by atoms with E-state index in [4.69, 9.17) is 9.47 Å². The normalized spacial score (nSPS) is 19.9. The Labute approximate surface area is 191 Å². The molecule has 10 nitrogen and oxygen atoms in total. The summed E-state index contributed by atoms with van der Waals surface area (Å²) in [5, 5.41) is 9.99. The SMILES string of the molecule is COc1ccc(S(=O)(=O)N2CCCC2C(=O)N2CCN(c3nnc(C)s3)CC2)cc1OC. The lowest BCUT2D eigenvalue weighted by atomic mass is 10.2. The van der Waals surface area contributed by atoms with Crippen LogP contribution in [0.3, 0.4) is 0 Å². The first-order chi connectivity index (χ1) is 15.3. The van der Waals surface area contributed by atoms with Gasteiger partial charge in [-0.1, -0.05) is 11.3 Å². The molecule has 1 aromatic heterocycles. The molecule has 0 N–H and O–H groups in total. The Morgan fingerprint density at radius 1 is 1.06 bits per heavy atom. The summed E-state index contributed by atoms with van der Waals surface area (Å²) in [6.07, 6.45) is 1.16. The summed E-state index contributed by atoms with van der Waals surface area (Å²) >= 11 is 1.53. The van der Waals surface area contributed by atoms with Gasteiger partial charge in [-0.25, -0.2) is 8.42 Å². The van der Waals surface area contributed by atoms with Crippen LogP contribution >= 0.6 is 11.3 Å². The maximum absolute atomic E-state index is 13.4. The summed E-state index contributed by atoms with van der Waals surface area (Å²) in [5.74, 6) is 0.641. The lowest BCUT2D eigenvalue weighted by Gasteiger charge is -2.36. The topological polar surface area (TPSA) is 105 Å². The van der Waals surface area contributed by atoms with Gasteiger partial charge in [0.15, 0.2) is 11.5 Å². The van der Waals surface area contributed by atoms with Crippen LogP contribution in [0.5, 0.6) is 11.5 Å². The average Bonchev–Trinajstić information content (AvgIpc) is 3.48. The van der Waals surface area contributed by atoms with E-state index in [2.05, 4.69) is 15.1 Å². The van der Waals surface area contributed by atoms with Crippen molar-refractivity contribution in [1.29, 1.82) is 0 Å². The zero-order chi connectivity index (χ0) is 22.9. The predicted molar refractivity (Wildman–Crippen MR) is 120 cm³/mol. The number of anilines is 1. The van der Waals surface area contributed by atoms with Gasteiger partial charge in [0, 0.05) is 38.8 Å². The number of hydrogen-bond donors (Lipinski definition) is 0. The van der Waals surface area contributed by atoms with E-state index in [-0.39, 0.29) is 10.8 Å². The highest BCUT2D eigenvalue weighted by Gasteiger charge is 2.42. The first-order valence-electron chi connectivity index (χ1n) is 10.4. The molecule has 0 spiro atoms. The summed E-state index contributed by atoms with van der Waals surface area (Å²) in [4.78, 5) is 17.3. The molecule has 0 aliphatic carbocycles. The van der Waals surface area contributed by atoms with E-state index in [1.165, 1.54) is 42.0 Å². The molecule has 1 unspecified atom stereocenters. The number of aryl methyl sites for hydroxylation is 1. The number of ether oxygens (including phenoxy) is 2. The van der Waals surface area contributed by atoms with Crippen molar-refractivity contribution in [2.24, 2.45) is 0 Å². The zero-order valence-corrected chi connectivity index (χ0v) is 20.0. The number of carbonyl (C=O) groups is 1. The molecule has 4 rings (SSSR count). The van der Waals surface area contributed by atoms with Gasteiger partial charge in [0.2, 0.25) is 21.1 Å². The van der Waals surface area contributed by atoms with Gasteiger partial charge in [0.25, 0.3) is 0 Å². The monoisotopic (exact) mass is 481 g/mol. The van der Waals surface area contributed by atoms with Crippen molar-refractivity contribution >= 4 is 32.4 Å². The summed E-state index contributed by atoms with van der Waals surface area (Å²) in [6, 6.07) is 3.80. The number of carbonyl (C=O) groups excluding carboxylic acids is 1. The second kappa shape index (κ2) is 9.20. The van der Waals surface area contributed by atoms with Crippen LogP contribution in [-0.4, -0.2) is 86.7 Å².